The van der Waals surface area contributed by atoms with Gasteiger partial charge in [-0.3, -0.25) is 4.79 Å². The van der Waals surface area contributed by atoms with Crippen LogP contribution in [0.15, 0.2) is 47.4 Å². The van der Waals surface area contributed by atoms with E-state index in [1.165, 1.54) is 11.1 Å². The zero-order valence-corrected chi connectivity index (χ0v) is 10.2. The van der Waals surface area contributed by atoms with Crippen LogP contribution < -0.4 is 5.56 Å². The molecule has 0 saturated carbocycles. The zero-order chi connectivity index (χ0) is 11.7. The van der Waals surface area contributed by atoms with Crippen LogP contribution in [0.3, 0.4) is 0 Å². The molecule has 1 aliphatic rings. The lowest BCUT2D eigenvalue weighted by molar-refractivity contribution is 0.749. The molecule has 0 atom stereocenters. The molecule has 0 bridgehead atoms. The van der Waals surface area contributed by atoms with E-state index < -0.39 is 0 Å². The van der Waals surface area contributed by atoms with E-state index in [0.717, 1.165) is 17.1 Å². The van der Waals surface area contributed by atoms with Crippen molar-refractivity contribution in [3.05, 3.63) is 69.6 Å². The molecule has 0 aliphatic carbocycles. The van der Waals surface area contributed by atoms with Crippen molar-refractivity contribution in [2.45, 2.75) is 18.1 Å². The summed E-state index contributed by atoms with van der Waals surface area (Å²) in [4.78, 5) is 12.2. The van der Waals surface area contributed by atoms with Crippen molar-refractivity contribution < 1.29 is 0 Å². The molecule has 0 fully saturated rings. The molecule has 1 aliphatic heterocycles. The SMILES string of the molecule is O=c1c2c(ccn1Cc1ccccc1)CSC2. The summed E-state index contributed by atoms with van der Waals surface area (Å²) in [6.45, 7) is 0.664. The highest BCUT2D eigenvalue weighted by Gasteiger charge is 2.15. The van der Waals surface area contributed by atoms with Crippen LogP contribution in [0.4, 0.5) is 0 Å². The van der Waals surface area contributed by atoms with Crippen LogP contribution in [0.5, 0.6) is 0 Å². The summed E-state index contributed by atoms with van der Waals surface area (Å²) >= 11 is 1.82. The molecule has 1 aromatic carbocycles. The second-order valence-corrected chi connectivity index (χ2v) is 5.22. The maximum atomic E-state index is 12.2. The lowest BCUT2D eigenvalue weighted by atomic mass is 10.1. The first kappa shape index (κ1) is 10.7. The molecule has 2 heterocycles. The quantitative estimate of drug-likeness (QED) is 0.809. The number of pyridine rings is 1. The first-order valence-electron chi connectivity index (χ1n) is 5.67. The molecule has 2 aromatic rings. The van der Waals surface area contributed by atoms with Crippen LogP contribution in [-0.4, -0.2) is 4.57 Å². The molecule has 0 spiro atoms. The lowest BCUT2D eigenvalue weighted by Gasteiger charge is -2.07. The first-order valence-corrected chi connectivity index (χ1v) is 6.83. The predicted molar refractivity (Wildman–Crippen MR) is 71.2 cm³/mol. The van der Waals surface area contributed by atoms with E-state index >= 15 is 0 Å². The molecule has 0 amide bonds. The summed E-state index contributed by atoms with van der Waals surface area (Å²) in [5.41, 5.74) is 3.55. The molecule has 1 aromatic heterocycles. The number of hydrogen-bond acceptors (Lipinski definition) is 2. The molecule has 3 heteroatoms. The van der Waals surface area contributed by atoms with Gasteiger partial charge in [0.15, 0.2) is 0 Å². The normalized spacial score (nSPS) is 13.6. The minimum atomic E-state index is 0.177. The minimum Gasteiger partial charge on any atom is -0.311 e. The summed E-state index contributed by atoms with van der Waals surface area (Å²) in [5.74, 6) is 1.85. The third kappa shape index (κ3) is 2.03. The number of aromatic nitrogens is 1. The predicted octanol–water partition coefficient (Wildman–Crippen LogP) is 2.64. The van der Waals surface area contributed by atoms with Crippen LogP contribution >= 0.6 is 11.8 Å². The van der Waals surface area contributed by atoms with E-state index in [0.29, 0.717) is 6.54 Å². The molecule has 17 heavy (non-hydrogen) atoms. The number of benzene rings is 1. The van der Waals surface area contributed by atoms with Gasteiger partial charge in [0, 0.05) is 23.3 Å². The van der Waals surface area contributed by atoms with Gasteiger partial charge >= 0.3 is 0 Å². The van der Waals surface area contributed by atoms with E-state index in [2.05, 4.69) is 18.2 Å². The monoisotopic (exact) mass is 243 g/mol. The summed E-state index contributed by atoms with van der Waals surface area (Å²) in [7, 11) is 0. The van der Waals surface area contributed by atoms with E-state index in [-0.39, 0.29) is 5.56 Å². The number of fused-ring (bicyclic) bond motifs is 1. The maximum Gasteiger partial charge on any atom is 0.255 e. The van der Waals surface area contributed by atoms with Gasteiger partial charge in [0.25, 0.3) is 5.56 Å². The van der Waals surface area contributed by atoms with Crippen molar-refractivity contribution in [2.24, 2.45) is 0 Å². The van der Waals surface area contributed by atoms with Crippen LogP contribution in [0, 0.1) is 0 Å². The minimum absolute atomic E-state index is 0.177. The van der Waals surface area contributed by atoms with Crippen molar-refractivity contribution in [1.29, 1.82) is 0 Å². The highest BCUT2D eigenvalue weighted by Crippen LogP contribution is 2.26. The van der Waals surface area contributed by atoms with Crippen LogP contribution in [0.2, 0.25) is 0 Å². The fourth-order valence-corrected chi connectivity index (χ4v) is 3.22. The van der Waals surface area contributed by atoms with E-state index in [4.69, 9.17) is 0 Å². The van der Waals surface area contributed by atoms with E-state index in [1.807, 2.05) is 36.2 Å². The number of hydrogen-bond donors (Lipinski definition) is 0. The second kappa shape index (κ2) is 4.41. The smallest absolute Gasteiger partial charge is 0.255 e. The average Bonchev–Trinajstić information content (AvgIpc) is 2.83. The Kier molecular flexibility index (Phi) is 2.77. The lowest BCUT2D eigenvalue weighted by Crippen LogP contribution is -2.23. The topological polar surface area (TPSA) is 22.0 Å². The Bertz CT molecular complexity index is 589. The van der Waals surface area contributed by atoms with E-state index in [9.17, 15) is 4.79 Å². The molecular formula is C14H13NOS. The highest BCUT2D eigenvalue weighted by atomic mass is 32.2. The van der Waals surface area contributed by atoms with Crippen LogP contribution in [-0.2, 0) is 18.1 Å². The highest BCUT2D eigenvalue weighted by molar-refractivity contribution is 7.98. The maximum absolute atomic E-state index is 12.2. The molecule has 0 unspecified atom stereocenters. The van der Waals surface area contributed by atoms with Crippen LogP contribution in [0.1, 0.15) is 16.7 Å². The van der Waals surface area contributed by atoms with Gasteiger partial charge in [-0.15, -0.1) is 0 Å². The van der Waals surface area contributed by atoms with Gasteiger partial charge in [-0.25, -0.2) is 0 Å². The summed E-state index contributed by atoms with van der Waals surface area (Å²) < 4.78 is 1.81. The summed E-state index contributed by atoms with van der Waals surface area (Å²) in [6.07, 6.45) is 1.92. The zero-order valence-electron chi connectivity index (χ0n) is 9.43. The number of nitrogens with zero attached hydrogens (tertiary/aromatic N) is 1. The molecule has 0 saturated heterocycles. The summed E-state index contributed by atoms with van der Waals surface area (Å²) in [5, 5.41) is 0. The Morgan fingerprint density at radius 2 is 1.94 bits per heavy atom. The molecule has 86 valence electrons. The second-order valence-electron chi connectivity index (χ2n) is 4.23. The first-order chi connectivity index (χ1) is 8.34. The van der Waals surface area contributed by atoms with Gasteiger partial charge < -0.3 is 4.57 Å². The Morgan fingerprint density at radius 3 is 2.76 bits per heavy atom. The number of thioether (sulfide) groups is 1. The van der Waals surface area contributed by atoms with E-state index in [1.54, 1.807) is 4.57 Å². The Morgan fingerprint density at radius 1 is 1.12 bits per heavy atom. The van der Waals surface area contributed by atoms with Gasteiger partial charge in [-0.2, -0.15) is 11.8 Å². The third-order valence-corrected chi connectivity index (χ3v) is 4.07. The van der Waals surface area contributed by atoms with Gasteiger partial charge in [0.05, 0.1) is 6.54 Å². The molecule has 3 rings (SSSR count). The number of rotatable bonds is 2. The van der Waals surface area contributed by atoms with Crippen LogP contribution in [0.25, 0.3) is 0 Å². The third-order valence-electron chi connectivity index (χ3n) is 3.06. The largest absolute Gasteiger partial charge is 0.311 e. The van der Waals surface area contributed by atoms with Gasteiger partial charge in [0.1, 0.15) is 0 Å². The van der Waals surface area contributed by atoms with Crippen molar-refractivity contribution >= 4 is 11.8 Å². The molecule has 2 nitrogen and oxygen atoms in total. The Balaban J connectivity index is 1.98. The summed E-state index contributed by atoms with van der Waals surface area (Å²) in [6, 6.07) is 12.2. The van der Waals surface area contributed by atoms with Crippen molar-refractivity contribution in [1.82, 2.24) is 4.57 Å². The fourth-order valence-electron chi connectivity index (χ4n) is 2.12. The Labute approximate surface area is 104 Å². The van der Waals surface area contributed by atoms with Gasteiger partial charge in [0.2, 0.25) is 0 Å². The van der Waals surface area contributed by atoms with Crippen molar-refractivity contribution in [3.8, 4) is 0 Å². The molecule has 0 radical (unpaired) electrons. The van der Waals surface area contributed by atoms with Gasteiger partial charge in [-0.1, -0.05) is 30.3 Å². The molecule has 0 N–H and O–H groups in total. The Hall–Kier alpha value is -1.48. The standard InChI is InChI=1S/C14H13NOS/c16-14-13-10-17-9-12(13)6-7-15(14)8-11-4-2-1-3-5-11/h1-7H,8-10H2. The molecular weight excluding hydrogens is 230 g/mol. The van der Waals surface area contributed by atoms with Crippen molar-refractivity contribution in [3.63, 3.8) is 0 Å². The fraction of sp³-hybridized carbons (Fsp3) is 0.214. The average molecular weight is 243 g/mol. The van der Waals surface area contributed by atoms with Gasteiger partial charge in [-0.05, 0) is 17.2 Å². The van der Waals surface area contributed by atoms with Crippen molar-refractivity contribution in [2.75, 3.05) is 0 Å².